The van der Waals surface area contributed by atoms with E-state index in [4.69, 9.17) is 0 Å². The number of fused-ring (bicyclic) bond motifs is 1. The molecule has 2 amide bonds. The van der Waals surface area contributed by atoms with Crippen molar-refractivity contribution in [1.29, 1.82) is 0 Å². The number of aliphatic hydroxyl groups excluding tert-OH is 1. The molecule has 0 fully saturated rings. The zero-order chi connectivity index (χ0) is 16.6. The summed E-state index contributed by atoms with van der Waals surface area (Å²) >= 11 is 0. The van der Waals surface area contributed by atoms with E-state index in [1.165, 1.54) is 24.6 Å². The molecule has 1 N–H and O–H groups in total. The minimum absolute atomic E-state index is 0.255. The fraction of sp³-hybridized carbons (Fsp3) is 0.286. The second kappa shape index (κ2) is 5.36. The lowest BCUT2D eigenvalue weighted by molar-refractivity contribution is -0.568. The molecule has 2 heterocycles. The lowest BCUT2D eigenvalue weighted by Crippen LogP contribution is -2.43. The fourth-order valence-corrected chi connectivity index (χ4v) is 2.61. The van der Waals surface area contributed by atoms with Gasteiger partial charge in [0.2, 0.25) is 0 Å². The van der Waals surface area contributed by atoms with Crippen molar-refractivity contribution in [3.05, 3.63) is 45.5 Å². The van der Waals surface area contributed by atoms with Crippen LogP contribution >= 0.6 is 0 Å². The molecule has 2 aliphatic heterocycles. The van der Waals surface area contributed by atoms with Crippen LogP contribution < -0.4 is 0 Å². The molecule has 0 bridgehead atoms. The summed E-state index contributed by atoms with van der Waals surface area (Å²) in [6.45, 7) is -0.354. The maximum absolute atomic E-state index is 12.2. The van der Waals surface area contributed by atoms with Crippen LogP contribution in [0, 0.1) is 10.1 Å². The highest BCUT2D eigenvalue weighted by Gasteiger charge is 2.46. The Hall–Kier alpha value is -2.94. The molecule has 0 spiro atoms. The van der Waals surface area contributed by atoms with E-state index in [2.05, 4.69) is 9.98 Å². The summed E-state index contributed by atoms with van der Waals surface area (Å²) in [6.07, 6.45) is 0.602. The maximum Gasteiger partial charge on any atom is 0.414 e. The second-order valence-electron chi connectivity index (χ2n) is 5.21. The molecule has 1 aromatic carbocycles. The Morgan fingerprint density at radius 3 is 2.17 bits per heavy atom. The second-order valence-corrected chi connectivity index (χ2v) is 5.21. The SMILES string of the molecule is O=C1c2ccccc2C(=O)N1C[C@@H](O)CC1([N+](=O)[O-])N=CC=N1. The molecular formula is C14H12N4O5. The van der Waals surface area contributed by atoms with E-state index >= 15 is 0 Å². The number of amides is 2. The van der Waals surface area contributed by atoms with Gasteiger partial charge in [0, 0.05) is 12.4 Å². The fourth-order valence-electron chi connectivity index (χ4n) is 2.61. The number of carbonyl (C=O) groups is 2. The first-order valence-electron chi connectivity index (χ1n) is 6.81. The van der Waals surface area contributed by atoms with Crippen molar-refractivity contribution in [2.75, 3.05) is 6.54 Å². The number of carbonyl (C=O) groups excluding carboxylic acids is 2. The van der Waals surface area contributed by atoms with Gasteiger partial charge in [-0.3, -0.25) is 24.6 Å². The highest BCUT2D eigenvalue weighted by atomic mass is 16.6. The predicted molar refractivity (Wildman–Crippen MR) is 79.1 cm³/mol. The van der Waals surface area contributed by atoms with Crippen molar-refractivity contribution in [2.24, 2.45) is 9.98 Å². The van der Waals surface area contributed by atoms with Crippen molar-refractivity contribution in [1.82, 2.24) is 4.90 Å². The summed E-state index contributed by atoms with van der Waals surface area (Å²) in [5.74, 6) is -3.05. The number of nitrogens with zero attached hydrogens (tertiary/aromatic N) is 4. The van der Waals surface area contributed by atoms with Crippen molar-refractivity contribution in [3.63, 3.8) is 0 Å². The number of rotatable bonds is 5. The van der Waals surface area contributed by atoms with Gasteiger partial charge in [0.05, 0.1) is 35.1 Å². The number of β-amino-alcohol motifs (C(OH)–C–C–N with tert-alkyl or cyclic N) is 1. The van der Waals surface area contributed by atoms with Crippen LogP contribution in [0.2, 0.25) is 0 Å². The predicted octanol–water partition coefficient (Wildman–Crippen LogP) is 0.119. The Bertz CT molecular complexity index is 710. The molecular weight excluding hydrogens is 304 g/mol. The summed E-state index contributed by atoms with van der Waals surface area (Å²) in [5, 5.41) is 21.2. The van der Waals surface area contributed by atoms with Gasteiger partial charge in [-0.1, -0.05) is 12.1 Å². The Morgan fingerprint density at radius 1 is 1.17 bits per heavy atom. The van der Waals surface area contributed by atoms with Gasteiger partial charge in [-0.25, -0.2) is 0 Å². The number of nitro groups is 1. The molecule has 0 saturated heterocycles. The first-order chi connectivity index (χ1) is 10.9. The number of imide groups is 1. The van der Waals surface area contributed by atoms with Crippen LogP contribution in [-0.4, -0.2) is 57.6 Å². The molecule has 9 heteroatoms. The first kappa shape index (κ1) is 15.0. The minimum Gasteiger partial charge on any atom is -0.391 e. The molecule has 9 nitrogen and oxygen atoms in total. The molecule has 23 heavy (non-hydrogen) atoms. The normalized spacial score (nSPS) is 19.3. The molecule has 0 saturated carbocycles. The minimum atomic E-state index is -1.99. The molecule has 0 aliphatic carbocycles. The van der Waals surface area contributed by atoms with Crippen LogP contribution in [-0.2, 0) is 0 Å². The summed E-state index contributed by atoms with van der Waals surface area (Å²) in [5.41, 5.74) is 0.510. The van der Waals surface area contributed by atoms with E-state index < -0.39 is 35.0 Å². The molecule has 2 aliphatic rings. The zero-order valence-corrected chi connectivity index (χ0v) is 11.8. The van der Waals surface area contributed by atoms with E-state index in [1.807, 2.05) is 0 Å². The smallest absolute Gasteiger partial charge is 0.391 e. The third-order valence-corrected chi connectivity index (χ3v) is 3.70. The molecule has 0 aromatic heterocycles. The molecule has 0 radical (unpaired) electrons. The largest absolute Gasteiger partial charge is 0.414 e. The van der Waals surface area contributed by atoms with Gasteiger partial charge >= 0.3 is 5.79 Å². The van der Waals surface area contributed by atoms with E-state index in [0.29, 0.717) is 0 Å². The van der Waals surface area contributed by atoms with Crippen molar-refractivity contribution in [2.45, 2.75) is 18.3 Å². The third kappa shape index (κ3) is 2.40. The topological polar surface area (TPSA) is 125 Å². The van der Waals surface area contributed by atoms with E-state index in [-0.39, 0.29) is 17.7 Å². The Balaban J connectivity index is 1.75. The summed E-state index contributed by atoms with van der Waals surface area (Å²) in [7, 11) is 0. The Morgan fingerprint density at radius 2 is 1.70 bits per heavy atom. The van der Waals surface area contributed by atoms with Crippen molar-refractivity contribution < 1.29 is 19.6 Å². The zero-order valence-electron chi connectivity index (χ0n) is 11.8. The van der Waals surface area contributed by atoms with Gasteiger partial charge < -0.3 is 5.11 Å². The molecule has 1 atom stereocenters. The standard InChI is InChI=1S/C14H12N4O5/c19-9(7-14(18(22)23)15-5-6-16-14)8-17-12(20)10-3-1-2-4-11(10)13(17)21/h1-6,9,19H,7-8H2/t9-/m0/s1. The number of benzene rings is 1. The number of hydrogen-bond acceptors (Lipinski definition) is 7. The summed E-state index contributed by atoms with van der Waals surface area (Å²) < 4.78 is 0. The average Bonchev–Trinajstić information content (AvgIpc) is 3.08. The van der Waals surface area contributed by atoms with E-state index in [1.54, 1.807) is 12.1 Å². The van der Waals surface area contributed by atoms with Crippen LogP contribution in [0.25, 0.3) is 0 Å². The first-order valence-corrected chi connectivity index (χ1v) is 6.81. The highest BCUT2D eigenvalue weighted by molar-refractivity contribution is 6.21. The monoisotopic (exact) mass is 316 g/mol. The van der Waals surface area contributed by atoms with Gasteiger partial charge in [0.25, 0.3) is 11.8 Å². The lowest BCUT2D eigenvalue weighted by atomic mass is 10.1. The van der Waals surface area contributed by atoms with Crippen molar-refractivity contribution >= 4 is 24.2 Å². The number of aliphatic hydroxyl groups is 1. The quantitative estimate of drug-likeness (QED) is 0.469. The summed E-state index contributed by atoms with van der Waals surface area (Å²) in [6, 6.07) is 6.30. The molecule has 1 aromatic rings. The third-order valence-electron chi connectivity index (χ3n) is 3.70. The van der Waals surface area contributed by atoms with E-state index in [9.17, 15) is 24.8 Å². The van der Waals surface area contributed by atoms with Gasteiger partial charge in [-0.05, 0) is 12.1 Å². The highest BCUT2D eigenvalue weighted by Crippen LogP contribution is 2.26. The molecule has 118 valence electrons. The Kier molecular flexibility index (Phi) is 3.49. The summed E-state index contributed by atoms with van der Waals surface area (Å²) in [4.78, 5) is 43.0. The molecule has 0 unspecified atom stereocenters. The Labute approximate surface area is 130 Å². The lowest BCUT2D eigenvalue weighted by Gasteiger charge is -2.21. The van der Waals surface area contributed by atoms with Crippen LogP contribution in [0.3, 0.4) is 0 Å². The van der Waals surface area contributed by atoms with Crippen LogP contribution in [0.1, 0.15) is 27.1 Å². The maximum atomic E-state index is 12.2. The van der Waals surface area contributed by atoms with Crippen molar-refractivity contribution in [3.8, 4) is 0 Å². The molecule has 3 rings (SSSR count). The van der Waals surface area contributed by atoms with Gasteiger partial charge in [-0.2, -0.15) is 9.98 Å². The van der Waals surface area contributed by atoms with Crippen LogP contribution in [0.15, 0.2) is 34.3 Å². The average molecular weight is 316 g/mol. The van der Waals surface area contributed by atoms with Crippen LogP contribution in [0.4, 0.5) is 0 Å². The van der Waals surface area contributed by atoms with Gasteiger partial charge in [0.15, 0.2) is 0 Å². The number of aliphatic imine (C=N–C) groups is 2. The van der Waals surface area contributed by atoms with Gasteiger partial charge in [-0.15, -0.1) is 0 Å². The van der Waals surface area contributed by atoms with Crippen LogP contribution in [0.5, 0.6) is 0 Å². The number of hydrogen-bond donors (Lipinski definition) is 1. The van der Waals surface area contributed by atoms with Gasteiger partial charge in [0.1, 0.15) is 0 Å². The van der Waals surface area contributed by atoms with E-state index in [0.717, 1.165) is 4.90 Å².